The van der Waals surface area contributed by atoms with Crippen molar-refractivity contribution in [3.05, 3.63) is 70.8 Å². The maximum atomic E-state index is 12.5. The van der Waals surface area contributed by atoms with Crippen molar-refractivity contribution in [3.63, 3.8) is 0 Å². The number of carbonyl (C=O) groups excluding carboxylic acids is 1. The van der Waals surface area contributed by atoms with E-state index in [1.54, 1.807) is 12.1 Å². The molecule has 0 aliphatic heterocycles. The van der Waals surface area contributed by atoms with Gasteiger partial charge in [0.05, 0.1) is 0 Å². The summed E-state index contributed by atoms with van der Waals surface area (Å²) >= 11 is 9.86. The molecule has 3 heteroatoms. The third kappa shape index (κ3) is 2.42. The molecule has 0 radical (unpaired) electrons. The van der Waals surface area contributed by atoms with Gasteiger partial charge in [0.2, 0.25) is 0 Å². The summed E-state index contributed by atoms with van der Waals surface area (Å²) in [6.07, 6.45) is 0. The molecule has 0 bridgehead atoms. The van der Waals surface area contributed by atoms with Crippen molar-refractivity contribution in [2.24, 2.45) is 0 Å². The second kappa shape index (κ2) is 5.76. The van der Waals surface area contributed by atoms with Crippen molar-refractivity contribution in [2.45, 2.75) is 0 Å². The van der Waals surface area contributed by atoms with E-state index in [2.05, 4.69) is 0 Å². The lowest BCUT2D eigenvalue weighted by Crippen LogP contribution is -2.07. The fraction of sp³-hybridized carbons (Fsp3) is 0. The minimum Gasteiger partial charge on any atom is -0.289 e. The molecule has 2 aromatic carbocycles. The molecule has 0 atom stereocenters. The van der Waals surface area contributed by atoms with Crippen LogP contribution in [0.5, 0.6) is 0 Å². The highest BCUT2D eigenvalue weighted by molar-refractivity contribution is 7.79. The van der Waals surface area contributed by atoms with Gasteiger partial charge in [0.15, 0.2) is 5.78 Å². The summed E-state index contributed by atoms with van der Waals surface area (Å²) in [7, 11) is 0. The Morgan fingerprint density at radius 1 is 0.778 bits per heavy atom. The molecule has 0 heterocycles. The number of rotatable bonds is 4. The summed E-state index contributed by atoms with van der Waals surface area (Å²) in [5.41, 5.74) is 2.74. The van der Waals surface area contributed by atoms with Gasteiger partial charge in [0.1, 0.15) is 0 Å². The maximum absolute atomic E-state index is 12.5. The molecule has 2 aromatic rings. The number of ketones is 1. The van der Waals surface area contributed by atoms with E-state index < -0.39 is 0 Å². The molecule has 0 amide bonds. The molecular formula is C15H10OS2. The van der Waals surface area contributed by atoms with E-state index in [1.807, 2.05) is 36.4 Å². The molecule has 0 spiro atoms. The van der Waals surface area contributed by atoms with Crippen LogP contribution in [0.4, 0.5) is 0 Å². The highest BCUT2D eigenvalue weighted by Crippen LogP contribution is 2.16. The SMILES string of the molecule is O=C(c1ccccc1C=S)c1ccccc1C=S. The highest BCUT2D eigenvalue weighted by Gasteiger charge is 2.14. The summed E-state index contributed by atoms with van der Waals surface area (Å²) in [6.45, 7) is 0. The van der Waals surface area contributed by atoms with Gasteiger partial charge in [0, 0.05) is 21.9 Å². The van der Waals surface area contributed by atoms with Crippen molar-refractivity contribution >= 4 is 41.0 Å². The molecule has 0 aliphatic carbocycles. The topological polar surface area (TPSA) is 17.1 Å². The fourth-order valence-electron chi connectivity index (χ4n) is 1.76. The fourth-order valence-corrected chi connectivity index (χ4v) is 2.17. The lowest BCUT2D eigenvalue weighted by atomic mass is 9.96. The van der Waals surface area contributed by atoms with Crippen LogP contribution in [0.15, 0.2) is 48.5 Å². The molecule has 0 fully saturated rings. The summed E-state index contributed by atoms with van der Waals surface area (Å²) in [4.78, 5) is 12.5. The third-order valence-corrected chi connectivity index (χ3v) is 3.17. The van der Waals surface area contributed by atoms with E-state index in [1.165, 1.54) is 10.7 Å². The first-order chi connectivity index (χ1) is 8.77. The van der Waals surface area contributed by atoms with E-state index in [4.69, 9.17) is 24.4 Å². The van der Waals surface area contributed by atoms with Crippen molar-refractivity contribution < 1.29 is 4.79 Å². The van der Waals surface area contributed by atoms with Gasteiger partial charge in [-0.25, -0.2) is 0 Å². The molecule has 2 rings (SSSR count). The van der Waals surface area contributed by atoms with Crippen LogP contribution >= 0.6 is 24.4 Å². The minimum absolute atomic E-state index is 0.0524. The van der Waals surface area contributed by atoms with Gasteiger partial charge in [-0.15, -0.1) is 0 Å². The Kier molecular flexibility index (Phi) is 4.07. The first kappa shape index (κ1) is 12.7. The van der Waals surface area contributed by atoms with Gasteiger partial charge in [0.25, 0.3) is 0 Å². The highest BCUT2D eigenvalue weighted by atomic mass is 32.1. The van der Waals surface area contributed by atoms with Crippen LogP contribution < -0.4 is 0 Å². The Hall–Kier alpha value is -1.71. The smallest absolute Gasteiger partial charge is 0.194 e. The second-order valence-corrected chi connectivity index (χ2v) is 4.21. The minimum atomic E-state index is -0.0524. The van der Waals surface area contributed by atoms with Crippen LogP contribution in [-0.2, 0) is 0 Å². The zero-order valence-corrected chi connectivity index (χ0v) is 11.1. The Morgan fingerprint density at radius 3 is 1.56 bits per heavy atom. The zero-order chi connectivity index (χ0) is 13.0. The van der Waals surface area contributed by atoms with Crippen molar-refractivity contribution in [3.8, 4) is 0 Å². The Labute approximate surface area is 116 Å². The van der Waals surface area contributed by atoms with Gasteiger partial charge in [-0.3, -0.25) is 4.79 Å². The normalized spacial score (nSPS) is 9.78. The molecule has 0 unspecified atom stereocenters. The monoisotopic (exact) mass is 270 g/mol. The molecule has 0 aliphatic rings. The first-order valence-corrected chi connectivity index (χ1v) is 6.35. The van der Waals surface area contributed by atoms with Gasteiger partial charge in [-0.1, -0.05) is 73.0 Å². The second-order valence-electron chi connectivity index (χ2n) is 3.74. The van der Waals surface area contributed by atoms with E-state index in [0.29, 0.717) is 11.1 Å². The molecular weight excluding hydrogens is 260 g/mol. The molecule has 0 N–H and O–H groups in total. The summed E-state index contributed by atoms with van der Waals surface area (Å²) in [5, 5.41) is 3.04. The Bertz CT molecular complexity index is 564. The largest absolute Gasteiger partial charge is 0.289 e. The standard InChI is InChI=1S/C15H10OS2/c16-15(13-7-3-1-5-11(13)9-17)14-8-4-2-6-12(14)10-18/h1-10H. The Morgan fingerprint density at radius 2 is 1.17 bits per heavy atom. The van der Waals surface area contributed by atoms with Crippen LogP contribution in [0, 0.1) is 0 Å². The van der Waals surface area contributed by atoms with Crippen molar-refractivity contribution in [1.29, 1.82) is 0 Å². The maximum Gasteiger partial charge on any atom is 0.194 e. The van der Waals surface area contributed by atoms with Crippen molar-refractivity contribution in [1.82, 2.24) is 0 Å². The van der Waals surface area contributed by atoms with Crippen molar-refractivity contribution in [2.75, 3.05) is 0 Å². The van der Waals surface area contributed by atoms with E-state index in [0.717, 1.165) is 11.1 Å². The number of carbonyl (C=O) groups is 1. The number of thiocarbonyl (C=S) groups is 2. The molecule has 88 valence electrons. The van der Waals surface area contributed by atoms with Gasteiger partial charge in [-0.05, 0) is 11.1 Å². The lowest BCUT2D eigenvalue weighted by Gasteiger charge is -2.07. The predicted octanol–water partition coefficient (Wildman–Crippen LogP) is 3.61. The third-order valence-electron chi connectivity index (χ3n) is 2.66. The van der Waals surface area contributed by atoms with Crippen LogP contribution in [0.25, 0.3) is 0 Å². The lowest BCUT2D eigenvalue weighted by molar-refractivity contribution is 0.103. The molecule has 0 aromatic heterocycles. The average molecular weight is 270 g/mol. The average Bonchev–Trinajstić information content (AvgIpc) is 2.46. The molecule has 0 saturated heterocycles. The molecule has 18 heavy (non-hydrogen) atoms. The van der Waals surface area contributed by atoms with E-state index in [-0.39, 0.29) is 5.78 Å². The van der Waals surface area contributed by atoms with E-state index >= 15 is 0 Å². The van der Waals surface area contributed by atoms with Crippen LogP contribution in [0.2, 0.25) is 0 Å². The van der Waals surface area contributed by atoms with Crippen LogP contribution in [0.3, 0.4) is 0 Å². The zero-order valence-electron chi connectivity index (χ0n) is 9.50. The number of benzene rings is 2. The van der Waals surface area contributed by atoms with Crippen LogP contribution in [0.1, 0.15) is 27.0 Å². The Balaban J connectivity index is 2.54. The van der Waals surface area contributed by atoms with Gasteiger partial charge >= 0.3 is 0 Å². The predicted molar refractivity (Wildman–Crippen MR) is 81.8 cm³/mol. The summed E-state index contributed by atoms with van der Waals surface area (Å²) in [5.74, 6) is -0.0524. The summed E-state index contributed by atoms with van der Waals surface area (Å²) < 4.78 is 0. The first-order valence-electron chi connectivity index (χ1n) is 5.41. The van der Waals surface area contributed by atoms with E-state index in [9.17, 15) is 4.79 Å². The van der Waals surface area contributed by atoms with Gasteiger partial charge < -0.3 is 0 Å². The van der Waals surface area contributed by atoms with Crippen LogP contribution in [-0.4, -0.2) is 16.5 Å². The quantitative estimate of drug-likeness (QED) is 0.624. The van der Waals surface area contributed by atoms with Gasteiger partial charge in [-0.2, -0.15) is 0 Å². The molecule has 0 saturated carbocycles. The number of hydrogen-bond acceptors (Lipinski definition) is 3. The molecule has 1 nitrogen and oxygen atoms in total. The number of hydrogen-bond donors (Lipinski definition) is 0. The summed E-state index contributed by atoms with van der Waals surface area (Å²) in [6, 6.07) is 14.6.